The first-order chi connectivity index (χ1) is 13.7. The maximum Gasteiger partial charge on any atom is 0.240 e. The molecule has 1 aromatic carbocycles. The van der Waals surface area contributed by atoms with Crippen molar-refractivity contribution in [2.45, 2.75) is 37.8 Å². The number of benzene rings is 1. The Morgan fingerprint density at radius 3 is 2.89 bits per heavy atom. The summed E-state index contributed by atoms with van der Waals surface area (Å²) in [5.41, 5.74) is 5.09. The number of likely N-dealkylation sites (N-methyl/N-ethyl adjacent to an activating group) is 1. The van der Waals surface area contributed by atoms with Gasteiger partial charge in [0.05, 0.1) is 11.7 Å². The number of nitrogens with zero attached hydrogens (tertiary/aromatic N) is 5. The van der Waals surface area contributed by atoms with Crippen LogP contribution in [0.1, 0.15) is 35.6 Å². The van der Waals surface area contributed by atoms with Crippen molar-refractivity contribution in [1.29, 1.82) is 0 Å². The third-order valence-electron chi connectivity index (χ3n) is 6.13. The third kappa shape index (κ3) is 2.96. The molecule has 0 saturated carbocycles. The molecule has 1 fully saturated rings. The fourth-order valence-electron chi connectivity index (χ4n) is 4.61. The van der Waals surface area contributed by atoms with Crippen molar-refractivity contribution >= 4 is 17.1 Å². The zero-order valence-electron chi connectivity index (χ0n) is 16.0. The van der Waals surface area contributed by atoms with Crippen molar-refractivity contribution in [2.75, 3.05) is 20.1 Å². The molecule has 1 amide bonds. The van der Waals surface area contributed by atoms with Crippen molar-refractivity contribution in [3.05, 3.63) is 53.5 Å². The molecule has 0 bridgehead atoms. The van der Waals surface area contributed by atoms with Gasteiger partial charge in [0.15, 0.2) is 5.65 Å². The number of fused-ring (bicyclic) bond motifs is 2. The van der Waals surface area contributed by atoms with Crippen LogP contribution in [-0.4, -0.2) is 62.1 Å². The summed E-state index contributed by atoms with van der Waals surface area (Å²) in [4.78, 5) is 26.3. The molecule has 28 heavy (non-hydrogen) atoms. The van der Waals surface area contributed by atoms with E-state index in [0.717, 1.165) is 43.6 Å². The van der Waals surface area contributed by atoms with Gasteiger partial charge in [-0.3, -0.25) is 14.8 Å². The Bertz CT molecular complexity index is 1010. The quantitative estimate of drug-likeness (QED) is 0.741. The molecule has 0 unspecified atom stereocenters. The minimum absolute atomic E-state index is 0.0908. The highest BCUT2D eigenvalue weighted by atomic mass is 16.2. The summed E-state index contributed by atoms with van der Waals surface area (Å²) in [5, 5.41) is 7.40. The Balaban J connectivity index is 1.36. The van der Waals surface area contributed by atoms with Gasteiger partial charge in [0, 0.05) is 37.9 Å². The van der Waals surface area contributed by atoms with Gasteiger partial charge < -0.3 is 4.90 Å². The molecule has 0 spiro atoms. The van der Waals surface area contributed by atoms with Crippen molar-refractivity contribution in [1.82, 2.24) is 30.0 Å². The lowest BCUT2D eigenvalue weighted by atomic mass is 9.91. The Hall–Kier alpha value is -2.80. The maximum atomic E-state index is 13.4. The molecule has 0 aliphatic carbocycles. The predicted octanol–water partition coefficient (Wildman–Crippen LogP) is 2.12. The van der Waals surface area contributed by atoms with Crippen molar-refractivity contribution in [3.63, 3.8) is 0 Å². The SMILES string of the molecule is CN1Cc2ccccc2C[C@H]1C(=O)N1CCC[C@@H](c2[nH]nc3nccnc23)C1. The van der Waals surface area contributed by atoms with Crippen molar-refractivity contribution in [3.8, 4) is 0 Å². The van der Waals surface area contributed by atoms with Crippen LogP contribution in [0.4, 0.5) is 0 Å². The summed E-state index contributed by atoms with van der Waals surface area (Å²) in [6.07, 6.45) is 6.15. The zero-order valence-corrected chi connectivity index (χ0v) is 16.0. The second-order valence-corrected chi connectivity index (χ2v) is 7.89. The van der Waals surface area contributed by atoms with Gasteiger partial charge in [-0.05, 0) is 37.4 Å². The summed E-state index contributed by atoms with van der Waals surface area (Å²) in [7, 11) is 2.05. The van der Waals surface area contributed by atoms with Gasteiger partial charge in [-0.25, -0.2) is 9.97 Å². The fourth-order valence-corrected chi connectivity index (χ4v) is 4.61. The van der Waals surface area contributed by atoms with Gasteiger partial charge in [-0.15, -0.1) is 0 Å². The van der Waals surface area contributed by atoms with E-state index in [2.05, 4.69) is 56.4 Å². The fraction of sp³-hybridized carbons (Fsp3) is 0.429. The Labute approximate surface area is 163 Å². The highest BCUT2D eigenvalue weighted by Gasteiger charge is 2.35. The number of hydrogen-bond donors (Lipinski definition) is 1. The molecular formula is C21H24N6O. The second-order valence-electron chi connectivity index (χ2n) is 7.89. The molecule has 5 rings (SSSR count). The van der Waals surface area contributed by atoms with Crippen LogP contribution in [0.3, 0.4) is 0 Å². The first kappa shape index (κ1) is 17.3. The minimum Gasteiger partial charge on any atom is -0.341 e. The summed E-state index contributed by atoms with van der Waals surface area (Å²) in [6.45, 7) is 2.35. The van der Waals surface area contributed by atoms with Crippen LogP contribution in [-0.2, 0) is 17.8 Å². The van der Waals surface area contributed by atoms with Gasteiger partial charge in [0.2, 0.25) is 5.91 Å². The number of amides is 1. The molecule has 2 aliphatic rings. The van der Waals surface area contributed by atoms with E-state index in [-0.39, 0.29) is 17.9 Å². The van der Waals surface area contributed by atoms with Gasteiger partial charge in [-0.1, -0.05) is 24.3 Å². The van der Waals surface area contributed by atoms with Gasteiger partial charge in [0.1, 0.15) is 5.52 Å². The largest absolute Gasteiger partial charge is 0.341 e. The Morgan fingerprint density at radius 1 is 1.18 bits per heavy atom. The van der Waals surface area contributed by atoms with Crippen LogP contribution in [0.25, 0.3) is 11.2 Å². The number of carbonyl (C=O) groups is 1. The number of aromatic nitrogens is 4. The summed E-state index contributed by atoms with van der Waals surface area (Å²) in [5.74, 6) is 0.456. The average molecular weight is 376 g/mol. The Morgan fingerprint density at radius 2 is 2.00 bits per heavy atom. The van der Waals surface area contributed by atoms with E-state index in [1.807, 2.05) is 4.90 Å². The Kier molecular flexibility index (Phi) is 4.31. The monoisotopic (exact) mass is 376 g/mol. The van der Waals surface area contributed by atoms with Crippen LogP contribution < -0.4 is 0 Å². The lowest BCUT2D eigenvalue weighted by molar-refractivity contribution is -0.138. The summed E-state index contributed by atoms with van der Waals surface area (Å²) < 4.78 is 0. The van der Waals surface area contributed by atoms with E-state index in [1.54, 1.807) is 12.4 Å². The van der Waals surface area contributed by atoms with E-state index in [4.69, 9.17) is 0 Å². The number of likely N-dealkylation sites (tertiary alicyclic amines) is 1. The number of H-pyrrole nitrogens is 1. The number of piperidine rings is 1. The van der Waals surface area contributed by atoms with Gasteiger partial charge in [0.25, 0.3) is 0 Å². The molecular weight excluding hydrogens is 352 g/mol. The first-order valence-corrected chi connectivity index (χ1v) is 9.91. The normalized spacial score (nSPS) is 23.0. The van der Waals surface area contributed by atoms with E-state index < -0.39 is 0 Å². The number of hydrogen-bond acceptors (Lipinski definition) is 5. The molecule has 1 N–H and O–H groups in total. The van der Waals surface area contributed by atoms with E-state index in [9.17, 15) is 4.79 Å². The van der Waals surface area contributed by atoms with E-state index in [1.165, 1.54) is 11.1 Å². The lowest BCUT2D eigenvalue weighted by Crippen LogP contribution is -2.52. The summed E-state index contributed by atoms with van der Waals surface area (Å²) in [6, 6.07) is 8.35. The molecule has 1 saturated heterocycles. The topological polar surface area (TPSA) is 78.0 Å². The molecule has 144 valence electrons. The lowest BCUT2D eigenvalue weighted by Gasteiger charge is -2.39. The van der Waals surface area contributed by atoms with Gasteiger partial charge >= 0.3 is 0 Å². The highest BCUT2D eigenvalue weighted by Crippen LogP contribution is 2.30. The van der Waals surface area contributed by atoms with Crippen molar-refractivity contribution < 1.29 is 4.79 Å². The van der Waals surface area contributed by atoms with Crippen molar-refractivity contribution in [2.24, 2.45) is 0 Å². The summed E-state index contributed by atoms with van der Waals surface area (Å²) >= 11 is 0. The number of aromatic amines is 1. The average Bonchev–Trinajstić information content (AvgIpc) is 3.17. The third-order valence-corrected chi connectivity index (χ3v) is 6.13. The number of rotatable bonds is 2. The van der Waals surface area contributed by atoms with E-state index in [0.29, 0.717) is 12.2 Å². The molecule has 7 nitrogen and oxygen atoms in total. The second kappa shape index (κ2) is 6.98. The first-order valence-electron chi connectivity index (χ1n) is 9.91. The maximum absolute atomic E-state index is 13.4. The van der Waals surface area contributed by atoms with Crippen LogP contribution in [0.15, 0.2) is 36.7 Å². The van der Waals surface area contributed by atoms with Crippen LogP contribution in [0, 0.1) is 0 Å². The van der Waals surface area contributed by atoms with Crippen LogP contribution in [0.2, 0.25) is 0 Å². The van der Waals surface area contributed by atoms with E-state index >= 15 is 0 Å². The molecule has 2 aliphatic heterocycles. The number of carbonyl (C=O) groups excluding carboxylic acids is 1. The molecule has 7 heteroatoms. The molecule has 2 aromatic heterocycles. The highest BCUT2D eigenvalue weighted by molar-refractivity contribution is 5.83. The zero-order chi connectivity index (χ0) is 19.1. The number of nitrogens with one attached hydrogen (secondary N) is 1. The predicted molar refractivity (Wildman–Crippen MR) is 106 cm³/mol. The molecule has 2 atom stereocenters. The van der Waals surface area contributed by atoms with Crippen LogP contribution in [0.5, 0.6) is 0 Å². The standard InChI is InChI=1S/C21H24N6O/c1-26-12-15-6-3-2-5-14(15)11-17(26)21(28)27-10-4-7-16(13-27)18-19-20(25-24-18)23-9-8-22-19/h2-3,5-6,8-9,16-17H,4,7,10-13H2,1H3,(H,23,24,25)/t16-,17+/m1/s1. The molecule has 0 radical (unpaired) electrons. The smallest absolute Gasteiger partial charge is 0.240 e. The molecule has 3 aromatic rings. The molecule has 4 heterocycles. The van der Waals surface area contributed by atoms with Crippen LogP contribution >= 0.6 is 0 Å². The minimum atomic E-state index is -0.0908. The van der Waals surface area contributed by atoms with Gasteiger partial charge in [-0.2, -0.15) is 5.10 Å².